The van der Waals surface area contributed by atoms with Gasteiger partial charge in [0.05, 0.1) is 4.90 Å². The fourth-order valence-corrected chi connectivity index (χ4v) is 3.87. The van der Waals surface area contributed by atoms with Gasteiger partial charge in [-0.1, -0.05) is 30.9 Å². The molecule has 1 amide bonds. The molecule has 0 bridgehead atoms. The van der Waals surface area contributed by atoms with Crippen LogP contribution in [0.4, 0.5) is 0 Å². The summed E-state index contributed by atoms with van der Waals surface area (Å²) in [4.78, 5) is 16.4. The van der Waals surface area contributed by atoms with Crippen molar-refractivity contribution in [3.63, 3.8) is 0 Å². The molecule has 0 atom stereocenters. The maximum atomic E-state index is 12.6. The zero-order valence-corrected chi connectivity index (χ0v) is 13.7. The van der Waals surface area contributed by atoms with Crippen LogP contribution in [0.1, 0.15) is 12.5 Å². The van der Waals surface area contributed by atoms with E-state index in [0.717, 1.165) is 4.31 Å². The van der Waals surface area contributed by atoms with Crippen LogP contribution in [0.25, 0.3) is 5.57 Å². The minimum Gasteiger partial charge on any atom is -0.305 e. The number of nitrogens with one attached hydrogen (secondary N) is 1. The summed E-state index contributed by atoms with van der Waals surface area (Å²) >= 11 is 0. The number of carbonyl (C=O) groups is 1. The maximum absolute atomic E-state index is 12.6. The van der Waals surface area contributed by atoms with Gasteiger partial charge in [0.2, 0.25) is 0 Å². The molecule has 7 heteroatoms. The van der Waals surface area contributed by atoms with E-state index < -0.39 is 15.9 Å². The van der Waals surface area contributed by atoms with Crippen LogP contribution in [0.5, 0.6) is 0 Å². The predicted octanol–water partition coefficient (Wildman–Crippen LogP) is 1.90. The number of hydrogen-bond acceptors (Lipinski definition) is 4. The molecule has 0 unspecified atom stereocenters. The average Bonchev–Trinajstić information content (AvgIpc) is 2.53. The van der Waals surface area contributed by atoms with Gasteiger partial charge >= 0.3 is 0 Å². The first kappa shape index (κ1) is 16.7. The van der Waals surface area contributed by atoms with E-state index in [2.05, 4.69) is 23.6 Å². The van der Waals surface area contributed by atoms with E-state index in [9.17, 15) is 13.2 Å². The lowest BCUT2D eigenvalue weighted by Gasteiger charge is -2.29. The molecule has 1 aromatic rings. The Morgan fingerprint density at radius 2 is 2.00 bits per heavy atom. The Morgan fingerprint density at radius 3 is 2.61 bits per heavy atom. The Bertz CT molecular complexity index is 851. The van der Waals surface area contributed by atoms with Crippen molar-refractivity contribution in [3.8, 4) is 0 Å². The molecular formula is C16H17N3O3S. The van der Waals surface area contributed by atoms with Gasteiger partial charge in [0, 0.05) is 12.6 Å². The predicted molar refractivity (Wildman–Crippen MR) is 90.0 cm³/mol. The van der Waals surface area contributed by atoms with E-state index >= 15 is 0 Å². The summed E-state index contributed by atoms with van der Waals surface area (Å²) in [5.74, 6) is -0.390. The van der Waals surface area contributed by atoms with Gasteiger partial charge in [0.1, 0.15) is 11.5 Å². The molecule has 1 N–H and O–H groups in total. The van der Waals surface area contributed by atoms with Crippen LogP contribution in [0.2, 0.25) is 0 Å². The van der Waals surface area contributed by atoms with E-state index in [1.807, 2.05) is 0 Å². The van der Waals surface area contributed by atoms with Crippen molar-refractivity contribution in [2.24, 2.45) is 4.99 Å². The Morgan fingerprint density at radius 1 is 1.35 bits per heavy atom. The number of fused-ring (bicyclic) bond motifs is 1. The molecule has 0 saturated heterocycles. The number of benzene rings is 1. The molecule has 1 aliphatic rings. The number of aliphatic imine (C=N–C) groups is 1. The zero-order chi connectivity index (χ0) is 17.2. The van der Waals surface area contributed by atoms with Crippen LogP contribution in [0, 0.1) is 0 Å². The van der Waals surface area contributed by atoms with Crippen molar-refractivity contribution in [2.75, 3.05) is 7.05 Å². The molecule has 120 valence electrons. The van der Waals surface area contributed by atoms with Crippen LogP contribution < -0.4 is 5.32 Å². The normalized spacial score (nSPS) is 16.6. The Balaban J connectivity index is 2.58. The van der Waals surface area contributed by atoms with Gasteiger partial charge in [-0.3, -0.25) is 9.10 Å². The summed E-state index contributed by atoms with van der Waals surface area (Å²) in [6, 6.07) is 6.57. The Labute approximate surface area is 135 Å². The van der Waals surface area contributed by atoms with Crippen molar-refractivity contribution >= 4 is 28.2 Å². The first-order chi connectivity index (χ1) is 10.8. The molecule has 0 spiro atoms. The van der Waals surface area contributed by atoms with Crippen molar-refractivity contribution in [3.05, 3.63) is 60.1 Å². The average molecular weight is 331 g/mol. The fourth-order valence-electron chi connectivity index (χ4n) is 2.37. The Hall–Kier alpha value is -2.67. The highest BCUT2D eigenvalue weighted by Crippen LogP contribution is 2.35. The first-order valence-corrected chi connectivity index (χ1v) is 8.18. The number of amides is 1. The monoisotopic (exact) mass is 331 g/mol. The van der Waals surface area contributed by atoms with Gasteiger partial charge in [0.15, 0.2) is 0 Å². The summed E-state index contributed by atoms with van der Waals surface area (Å²) < 4.78 is 26.2. The third kappa shape index (κ3) is 2.83. The zero-order valence-electron chi connectivity index (χ0n) is 12.9. The van der Waals surface area contributed by atoms with E-state index in [1.165, 1.54) is 25.3 Å². The third-order valence-electron chi connectivity index (χ3n) is 3.50. The number of rotatable bonds is 4. The molecule has 1 aromatic carbocycles. The van der Waals surface area contributed by atoms with E-state index in [0.29, 0.717) is 11.1 Å². The molecule has 23 heavy (non-hydrogen) atoms. The third-order valence-corrected chi connectivity index (χ3v) is 5.32. The molecule has 0 fully saturated rings. The summed E-state index contributed by atoms with van der Waals surface area (Å²) in [6.45, 7) is 8.57. The molecule has 0 aromatic heterocycles. The second-order valence-electron chi connectivity index (χ2n) is 4.84. The van der Waals surface area contributed by atoms with Crippen LogP contribution >= 0.6 is 0 Å². The lowest BCUT2D eigenvalue weighted by atomic mass is 10.0. The minimum absolute atomic E-state index is 0.0438. The van der Waals surface area contributed by atoms with Gasteiger partial charge in [-0.05, 0) is 31.4 Å². The summed E-state index contributed by atoms with van der Waals surface area (Å²) in [5.41, 5.74) is 1.12. The van der Waals surface area contributed by atoms with Gasteiger partial charge < -0.3 is 5.32 Å². The van der Waals surface area contributed by atoms with Gasteiger partial charge in [0.25, 0.3) is 15.9 Å². The fraction of sp³-hybridized carbons (Fsp3) is 0.125. The number of allylic oxidation sites excluding steroid dienone is 3. The van der Waals surface area contributed by atoms with E-state index in [-0.39, 0.29) is 16.4 Å². The number of nitrogens with zero attached hydrogens (tertiary/aromatic N) is 2. The topological polar surface area (TPSA) is 78.8 Å². The highest BCUT2D eigenvalue weighted by atomic mass is 32.2. The first-order valence-electron chi connectivity index (χ1n) is 6.74. The second kappa shape index (κ2) is 6.21. The molecular weight excluding hydrogens is 314 g/mol. The molecule has 0 saturated carbocycles. The van der Waals surface area contributed by atoms with Crippen molar-refractivity contribution in [2.45, 2.75) is 11.8 Å². The molecule has 0 radical (unpaired) electrons. The van der Waals surface area contributed by atoms with Crippen molar-refractivity contribution in [1.29, 1.82) is 0 Å². The van der Waals surface area contributed by atoms with Gasteiger partial charge in [-0.15, -0.1) is 0 Å². The van der Waals surface area contributed by atoms with Crippen LogP contribution in [0.3, 0.4) is 0 Å². The standard InChI is InChI=1S/C16H17N3O3S/c1-5-8-14(17-3)18-16(20)15-11(2)12-9-6-7-10-13(12)23(21,22)19(15)4/h5-10H,1,3H2,2,4H3,(H,18,20)/b14-8+. The molecule has 0 aliphatic carbocycles. The van der Waals surface area contributed by atoms with Crippen molar-refractivity contribution in [1.82, 2.24) is 9.62 Å². The van der Waals surface area contributed by atoms with Crippen LogP contribution in [-0.2, 0) is 14.8 Å². The minimum atomic E-state index is -3.77. The molecule has 2 rings (SSSR count). The Kier molecular flexibility index (Phi) is 4.51. The largest absolute Gasteiger partial charge is 0.305 e. The van der Waals surface area contributed by atoms with Gasteiger partial charge in [-0.2, -0.15) is 0 Å². The lowest BCUT2D eigenvalue weighted by molar-refractivity contribution is -0.117. The van der Waals surface area contributed by atoms with Gasteiger partial charge in [-0.25, -0.2) is 13.4 Å². The van der Waals surface area contributed by atoms with E-state index in [4.69, 9.17) is 0 Å². The summed E-state index contributed by atoms with van der Waals surface area (Å²) in [6.07, 6.45) is 2.91. The number of carbonyl (C=O) groups excluding carboxylic acids is 1. The van der Waals surface area contributed by atoms with E-state index in [1.54, 1.807) is 25.1 Å². The smallest absolute Gasteiger partial charge is 0.274 e. The van der Waals surface area contributed by atoms with Crippen molar-refractivity contribution < 1.29 is 13.2 Å². The molecule has 1 aliphatic heterocycles. The van der Waals surface area contributed by atoms with Crippen LogP contribution in [0.15, 0.2) is 64.4 Å². The molecule has 6 nitrogen and oxygen atoms in total. The maximum Gasteiger partial charge on any atom is 0.274 e. The molecule has 1 heterocycles. The lowest BCUT2D eigenvalue weighted by Crippen LogP contribution is -2.39. The second-order valence-corrected chi connectivity index (χ2v) is 6.78. The summed E-state index contributed by atoms with van der Waals surface area (Å²) in [7, 11) is -2.42. The van der Waals surface area contributed by atoms with Crippen LogP contribution in [-0.4, -0.2) is 32.4 Å². The summed E-state index contributed by atoms with van der Waals surface area (Å²) in [5, 5.41) is 2.52. The number of likely N-dealkylation sites (N-methyl/N-ethyl adjacent to an activating group) is 1. The highest BCUT2D eigenvalue weighted by Gasteiger charge is 2.35. The number of sulfonamides is 1. The highest BCUT2D eigenvalue weighted by molar-refractivity contribution is 7.89. The quantitative estimate of drug-likeness (QED) is 0.676. The SMILES string of the molecule is C=C/C=C(\N=C)NC(=O)C1=C(C)c2ccccc2S(=O)(=O)N1C. The number of hydrogen-bond donors (Lipinski definition) is 1.